The van der Waals surface area contributed by atoms with Crippen molar-refractivity contribution in [2.24, 2.45) is 0 Å². The summed E-state index contributed by atoms with van der Waals surface area (Å²) < 4.78 is 13.6. The zero-order chi connectivity index (χ0) is 11.4. The van der Waals surface area contributed by atoms with Crippen LogP contribution in [0.2, 0.25) is 0 Å². The molecule has 0 radical (unpaired) electrons. The van der Waals surface area contributed by atoms with Gasteiger partial charge in [0.1, 0.15) is 12.1 Å². The Labute approximate surface area is 101 Å². The molecule has 2 rings (SSSR count). The van der Waals surface area contributed by atoms with Gasteiger partial charge in [-0.05, 0) is 17.7 Å². The molecule has 0 aliphatic heterocycles. The van der Waals surface area contributed by atoms with Gasteiger partial charge in [-0.2, -0.15) is 0 Å². The maximum Gasteiger partial charge on any atom is 0.124 e. The summed E-state index contributed by atoms with van der Waals surface area (Å²) >= 11 is 3.31. The van der Waals surface area contributed by atoms with Gasteiger partial charge in [0.15, 0.2) is 0 Å². The Morgan fingerprint density at radius 3 is 2.69 bits per heavy atom. The van der Waals surface area contributed by atoms with Gasteiger partial charge < -0.3 is 5.32 Å². The van der Waals surface area contributed by atoms with Crippen LogP contribution in [0.3, 0.4) is 0 Å². The smallest absolute Gasteiger partial charge is 0.124 e. The van der Waals surface area contributed by atoms with Crippen LogP contribution in [0.25, 0.3) is 0 Å². The quantitative estimate of drug-likeness (QED) is 0.940. The van der Waals surface area contributed by atoms with Crippen molar-refractivity contribution in [1.82, 2.24) is 9.97 Å². The van der Waals surface area contributed by atoms with Crippen molar-refractivity contribution in [3.8, 4) is 0 Å². The second-order valence-electron chi connectivity index (χ2n) is 3.22. The zero-order valence-corrected chi connectivity index (χ0v) is 9.91. The van der Waals surface area contributed by atoms with Crippen LogP contribution >= 0.6 is 15.9 Å². The molecule has 0 saturated carbocycles. The monoisotopic (exact) mass is 281 g/mol. The van der Waals surface area contributed by atoms with Gasteiger partial charge in [0.25, 0.3) is 0 Å². The maximum absolute atomic E-state index is 12.8. The van der Waals surface area contributed by atoms with Crippen LogP contribution in [0.5, 0.6) is 0 Å². The molecule has 2 aromatic rings. The maximum atomic E-state index is 12.8. The van der Waals surface area contributed by atoms with E-state index in [4.69, 9.17) is 0 Å². The van der Waals surface area contributed by atoms with Crippen molar-refractivity contribution in [2.45, 2.75) is 6.54 Å². The van der Waals surface area contributed by atoms with Crippen molar-refractivity contribution in [3.63, 3.8) is 0 Å². The first-order valence-electron chi connectivity index (χ1n) is 4.68. The highest BCUT2D eigenvalue weighted by atomic mass is 79.9. The summed E-state index contributed by atoms with van der Waals surface area (Å²) in [6, 6.07) is 4.61. The number of anilines is 1. The van der Waals surface area contributed by atoms with E-state index in [9.17, 15) is 4.39 Å². The Morgan fingerprint density at radius 2 is 2.00 bits per heavy atom. The third-order valence-corrected chi connectivity index (χ3v) is 2.80. The predicted molar refractivity (Wildman–Crippen MR) is 63.5 cm³/mol. The van der Waals surface area contributed by atoms with Crippen LogP contribution in [0.4, 0.5) is 10.1 Å². The molecule has 0 aliphatic rings. The van der Waals surface area contributed by atoms with Gasteiger partial charge in [-0.3, -0.25) is 0 Å². The SMILES string of the molecule is Fc1ccc(CNc2cncnc2)c(Br)c1. The lowest BCUT2D eigenvalue weighted by Gasteiger charge is -2.07. The van der Waals surface area contributed by atoms with Gasteiger partial charge in [0.2, 0.25) is 0 Å². The summed E-state index contributed by atoms with van der Waals surface area (Å²) in [7, 11) is 0. The van der Waals surface area contributed by atoms with E-state index >= 15 is 0 Å². The van der Waals surface area contributed by atoms with E-state index in [0.717, 1.165) is 15.7 Å². The molecule has 3 nitrogen and oxygen atoms in total. The number of rotatable bonds is 3. The molecule has 0 saturated heterocycles. The van der Waals surface area contributed by atoms with Crippen LogP contribution in [0.15, 0.2) is 41.4 Å². The minimum Gasteiger partial charge on any atom is -0.378 e. The average Bonchev–Trinajstić information content (AvgIpc) is 2.29. The van der Waals surface area contributed by atoms with E-state index in [1.165, 1.54) is 18.5 Å². The van der Waals surface area contributed by atoms with E-state index < -0.39 is 0 Å². The minimum atomic E-state index is -0.251. The molecule has 0 atom stereocenters. The van der Waals surface area contributed by atoms with Crippen LogP contribution < -0.4 is 5.32 Å². The Bertz CT molecular complexity index is 476. The van der Waals surface area contributed by atoms with Crippen molar-refractivity contribution < 1.29 is 4.39 Å². The van der Waals surface area contributed by atoms with Gasteiger partial charge >= 0.3 is 0 Å². The minimum absolute atomic E-state index is 0.251. The molecule has 0 bridgehead atoms. The summed E-state index contributed by atoms with van der Waals surface area (Å²) in [5.74, 6) is -0.251. The third-order valence-electron chi connectivity index (χ3n) is 2.06. The second-order valence-corrected chi connectivity index (χ2v) is 4.07. The van der Waals surface area contributed by atoms with Crippen LogP contribution in [0.1, 0.15) is 5.56 Å². The molecule has 0 aliphatic carbocycles. The number of nitrogens with one attached hydrogen (secondary N) is 1. The van der Waals surface area contributed by atoms with Gasteiger partial charge in [-0.15, -0.1) is 0 Å². The Kier molecular flexibility index (Phi) is 3.46. The fourth-order valence-corrected chi connectivity index (χ4v) is 1.74. The van der Waals surface area contributed by atoms with E-state index in [-0.39, 0.29) is 5.82 Å². The van der Waals surface area contributed by atoms with Crippen molar-refractivity contribution in [1.29, 1.82) is 0 Å². The number of hydrogen-bond donors (Lipinski definition) is 1. The summed E-state index contributed by atoms with van der Waals surface area (Å²) in [4.78, 5) is 7.78. The van der Waals surface area contributed by atoms with Crippen LogP contribution in [-0.4, -0.2) is 9.97 Å². The molecular formula is C11H9BrFN3. The molecule has 1 aromatic heterocycles. The molecular weight excluding hydrogens is 273 g/mol. The number of halogens is 2. The molecule has 0 amide bonds. The largest absolute Gasteiger partial charge is 0.378 e. The summed E-state index contributed by atoms with van der Waals surface area (Å²) in [6.45, 7) is 0.592. The standard InChI is InChI=1S/C11H9BrFN3/c12-11-3-9(13)2-1-8(11)4-16-10-5-14-7-15-6-10/h1-3,5-7,16H,4H2. The fourth-order valence-electron chi connectivity index (χ4n) is 1.25. The van der Waals surface area contributed by atoms with Crippen molar-refractivity contribution in [3.05, 3.63) is 52.8 Å². The fraction of sp³-hybridized carbons (Fsp3) is 0.0909. The molecule has 5 heteroatoms. The predicted octanol–water partition coefficient (Wildman–Crippen LogP) is 2.99. The first kappa shape index (κ1) is 11.0. The van der Waals surface area contributed by atoms with E-state index in [2.05, 4.69) is 31.2 Å². The molecule has 16 heavy (non-hydrogen) atoms. The number of nitrogens with zero attached hydrogens (tertiary/aromatic N) is 2. The highest BCUT2D eigenvalue weighted by molar-refractivity contribution is 9.10. The first-order chi connectivity index (χ1) is 7.75. The Hall–Kier alpha value is -1.49. The van der Waals surface area contributed by atoms with Gasteiger partial charge in [0, 0.05) is 11.0 Å². The van der Waals surface area contributed by atoms with Gasteiger partial charge in [-0.25, -0.2) is 14.4 Å². The summed E-state index contributed by atoms with van der Waals surface area (Å²) in [6.07, 6.45) is 4.84. The highest BCUT2D eigenvalue weighted by Crippen LogP contribution is 2.19. The number of benzene rings is 1. The molecule has 1 N–H and O–H groups in total. The Morgan fingerprint density at radius 1 is 1.25 bits per heavy atom. The van der Waals surface area contributed by atoms with E-state index in [0.29, 0.717) is 6.54 Å². The third kappa shape index (κ3) is 2.76. The van der Waals surface area contributed by atoms with Gasteiger partial charge in [-0.1, -0.05) is 22.0 Å². The normalized spacial score (nSPS) is 10.1. The summed E-state index contributed by atoms with van der Waals surface area (Å²) in [5, 5.41) is 3.14. The molecule has 0 fully saturated rings. The second kappa shape index (κ2) is 5.03. The topological polar surface area (TPSA) is 37.8 Å². The molecule has 0 spiro atoms. The number of hydrogen-bond acceptors (Lipinski definition) is 3. The summed E-state index contributed by atoms with van der Waals surface area (Å²) in [5.41, 5.74) is 1.81. The van der Waals surface area contributed by atoms with Gasteiger partial charge in [0.05, 0.1) is 18.1 Å². The van der Waals surface area contributed by atoms with Crippen molar-refractivity contribution >= 4 is 21.6 Å². The Balaban J connectivity index is 2.05. The molecule has 0 unspecified atom stereocenters. The lowest BCUT2D eigenvalue weighted by Crippen LogP contribution is -2.01. The molecule has 82 valence electrons. The van der Waals surface area contributed by atoms with E-state index in [1.54, 1.807) is 18.5 Å². The zero-order valence-electron chi connectivity index (χ0n) is 8.32. The number of aromatic nitrogens is 2. The average molecular weight is 282 g/mol. The highest BCUT2D eigenvalue weighted by Gasteiger charge is 2.01. The van der Waals surface area contributed by atoms with Crippen molar-refractivity contribution in [2.75, 3.05) is 5.32 Å². The first-order valence-corrected chi connectivity index (χ1v) is 5.48. The lowest BCUT2D eigenvalue weighted by molar-refractivity contribution is 0.626. The van der Waals surface area contributed by atoms with E-state index in [1.807, 2.05) is 0 Å². The molecule has 1 aromatic carbocycles. The lowest BCUT2D eigenvalue weighted by atomic mass is 10.2. The van der Waals surface area contributed by atoms with Crippen LogP contribution in [-0.2, 0) is 6.54 Å². The molecule has 1 heterocycles. The van der Waals surface area contributed by atoms with Crippen LogP contribution in [0, 0.1) is 5.82 Å².